The fraction of sp³-hybridized carbons (Fsp3) is 0.417. The van der Waals surface area contributed by atoms with Crippen molar-refractivity contribution in [3.63, 3.8) is 0 Å². The Bertz CT molecular complexity index is 1070. The summed E-state index contributed by atoms with van der Waals surface area (Å²) in [6.45, 7) is 1.07. The predicted octanol–water partition coefficient (Wildman–Crippen LogP) is 5.40. The van der Waals surface area contributed by atoms with E-state index in [1.54, 1.807) is 0 Å². The summed E-state index contributed by atoms with van der Waals surface area (Å²) >= 11 is 7.56. The predicted molar refractivity (Wildman–Crippen MR) is 125 cm³/mol. The second-order valence-electron chi connectivity index (χ2n) is 8.72. The van der Waals surface area contributed by atoms with Crippen LogP contribution in [-0.2, 0) is 11.2 Å². The van der Waals surface area contributed by atoms with E-state index in [-0.39, 0.29) is 5.91 Å². The highest BCUT2D eigenvalue weighted by molar-refractivity contribution is 7.20. The van der Waals surface area contributed by atoms with Crippen LogP contribution < -0.4 is 10.5 Å². The van der Waals surface area contributed by atoms with Crippen LogP contribution in [0.4, 0.5) is 0 Å². The summed E-state index contributed by atoms with van der Waals surface area (Å²) in [5.74, 6) is 1.11. The van der Waals surface area contributed by atoms with E-state index < -0.39 is 0 Å². The lowest BCUT2D eigenvalue weighted by Crippen LogP contribution is -2.44. The van der Waals surface area contributed by atoms with Crippen LogP contribution in [0.2, 0.25) is 5.02 Å². The van der Waals surface area contributed by atoms with Gasteiger partial charge in [-0.2, -0.15) is 0 Å². The molecule has 1 aromatic heterocycles. The number of benzene rings is 2. The number of nitrogens with two attached hydrogens (primary N) is 1. The number of hydrogen-bond donors (Lipinski definition) is 1. The van der Waals surface area contributed by atoms with E-state index in [1.807, 2.05) is 30.3 Å². The maximum atomic E-state index is 11.3. The highest BCUT2D eigenvalue weighted by atomic mass is 35.5. The molecule has 0 radical (unpaired) electrons. The third-order valence-electron chi connectivity index (χ3n) is 6.59. The van der Waals surface area contributed by atoms with Gasteiger partial charge >= 0.3 is 0 Å². The van der Waals surface area contributed by atoms with Crippen molar-refractivity contribution >= 4 is 39.1 Å². The smallest absolute Gasteiger partial charge is 0.279 e. The molecular formula is C24H26ClN3O2S. The maximum absolute atomic E-state index is 11.3. The van der Waals surface area contributed by atoms with Gasteiger partial charge in [-0.15, -0.1) is 0 Å². The lowest BCUT2D eigenvalue weighted by molar-refractivity contribution is -0.119. The fourth-order valence-corrected chi connectivity index (χ4v) is 6.19. The molecule has 2 aliphatic heterocycles. The normalized spacial score (nSPS) is 23.3. The molecule has 2 fully saturated rings. The first-order valence-corrected chi connectivity index (χ1v) is 12.1. The largest absolute Gasteiger partial charge is 0.431 e. The Hall–Kier alpha value is -2.15. The average molecular weight is 456 g/mol. The summed E-state index contributed by atoms with van der Waals surface area (Å²) in [6, 6.07) is 15.2. The SMILES string of the molecule is NC(=O)CC1C[C@H]2CC[C@@H](C1)N2CCc1ccc(Oc2nc3cc(Cl)ccc3s2)cc1. The first-order valence-electron chi connectivity index (χ1n) is 10.9. The number of nitrogens with zero attached hydrogens (tertiary/aromatic N) is 2. The summed E-state index contributed by atoms with van der Waals surface area (Å²) in [6.07, 6.45) is 6.29. The van der Waals surface area contributed by atoms with E-state index in [0.29, 0.717) is 34.6 Å². The third-order valence-corrected chi connectivity index (χ3v) is 7.74. The van der Waals surface area contributed by atoms with Crippen molar-refractivity contribution in [2.24, 2.45) is 11.7 Å². The number of aromatic nitrogens is 1. The first kappa shape index (κ1) is 20.7. The number of primary amides is 1. The Kier molecular flexibility index (Phi) is 5.87. The van der Waals surface area contributed by atoms with Gasteiger partial charge in [-0.05, 0) is 73.9 Å². The summed E-state index contributed by atoms with van der Waals surface area (Å²) in [5, 5.41) is 1.31. The molecule has 2 aliphatic rings. The molecule has 31 heavy (non-hydrogen) atoms. The minimum Gasteiger partial charge on any atom is -0.431 e. The zero-order valence-electron chi connectivity index (χ0n) is 17.3. The molecule has 3 aromatic rings. The van der Waals surface area contributed by atoms with E-state index in [9.17, 15) is 4.79 Å². The molecule has 2 aromatic carbocycles. The van der Waals surface area contributed by atoms with E-state index in [1.165, 1.54) is 29.7 Å². The lowest BCUT2D eigenvalue weighted by atomic mass is 9.88. The number of thiazole rings is 1. The Morgan fingerprint density at radius 2 is 1.90 bits per heavy atom. The van der Waals surface area contributed by atoms with Gasteiger partial charge in [-0.3, -0.25) is 9.69 Å². The Labute approximate surface area is 191 Å². The number of fused-ring (bicyclic) bond motifs is 3. The van der Waals surface area contributed by atoms with Crippen molar-refractivity contribution in [1.82, 2.24) is 9.88 Å². The van der Waals surface area contributed by atoms with Crippen molar-refractivity contribution < 1.29 is 9.53 Å². The summed E-state index contributed by atoms with van der Waals surface area (Å²) in [7, 11) is 0. The fourth-order valence-electron chi connectivity index (χ4n) is 5.21. The van der Waals surface area contributed by atoms with Crippen LogP contribution in [0, 0.1) is 5.92 Å². The molecule has 1 amide bonds. The van der Waals surface area contributed by atoms with E-state index in [2.05, 4.69) is 22.0 Å². The number of piperidine rings is 1. The Morgan fingerprint density at radius 3 is 2.61 bits per heavy atom. The van der Waals surface area contributed by atoms with Gasteiger partial charge < -0.3 is 10.5 Å². The van der Waals surface area contributed by atoms with Crippen LogP contribution in [0.3, 0.4) is 0 Å². The van der Waals surface area contributed by atoms with Crippen molar-refractivity contribution in [1.29, 1.82) is 0 Å². The van der Waals surface area contributed by atoms with Crippen LogP contribution in [0.5, 0.6) is 10.9 Å². The number of carbonyl (C=O) groups is 1. The molecule has 2 bridgehead atoms. The van der Waals surface area contributed by atoms with E-state index >= 15 is 0 Å². The molecular weight excluding hydrogens is 430 g/mol. The molecule has 0 aliphatic carbocycles. The topological polar surface area (TPSA) is 68.5 Å². The Balaban J connectivity index is 1.17. The monoisotopic (exact) mass is 455 g/mol. The lowest BCUT2D eigenvalue weighted by Gasteiger charge is -2.38. The second kappa shape index (κ2) is 8.77. The number of ether oxygens (including phenoxy) is 1. The van der Waals surface area contributed by atoms with E-state index in [0.717, 1.165) is 41.8 Å². The molecule has 2 saturated heterocycles. The van der Waals surface area contributed by atoms with Gasteiger partial charge in [-0.25, -0.2) is 4.98 Å². The molecule has 2 N–H and O–H groups in total. The standard InChI is InChI=1S/C24H26ClN3O2S/c25-17-3-8-22-21(14-17)27-24(31-22)30-20-6-1-15(2-7-20)9-10-28-18-4-5-19(28)12-16(11-18)13-23(26)29/h1-3,6-8,14,16,18-19H,4-5,9-13H2,(H2,26,29)/t16?,18-,19+. The number of carbonyl (C=O) groups excluding carboxylic acids is 1. The van der Waals surface area contributed by atoms with Crippen LogP contribution in [0.1, 0.15) is 37.7 Å². The molecule has 0 saturated carbocycles. The van der Waals surface area contributed by atoms with Crippen molar-refractivity contribution in [2.75, 3.05) is 6.54 Å². The van der Waals surface area contributed by atoms with Gasteiger partial charge in [0.05, 0.1) is 10.2 Å². The van der Waals surface area contributed by atoms with Crippen LogP contribution in [0.15, 0.2) is 42.5 Å². The highest BCUT2D eigenvalue weighted by Gasteiger charge is 2.40. The van der Waals surface area contributed by atoms with Crippen molar-refractivity contribution in [3.8, 4) is 10.9 Å². The molecule has 162 valence electrons. The van der Waals surface area contributed by atoms with E-state index in [4.69, 9.17) is 22.1 Å². The molecule has 5 rings (SSSR count). The number of amides is 1. The Morgan fingerprint density at radius 1 is 1.16 bits per heavy atom. The zero-order chi connectivity index (χ0) is 21.4. The number of rotatable bonds is 7. The van der Waals surface area contributed by atoms with Crippen molar-refractivity contribution in [2.45, 2.75) is 50.6 Å². The molecule has 3 atom stereocenters. The van der Waals surface area contributed by atoms with Gasteiger partial charge in [0.25, 0.3) is 5.19 Å². The van der Waals surface area contributed by atoms with Crippen LogP contribution >= 0.6 is 22.9 Å². The van der Waals surface area contributed by atoms with Crippen molar-refractivity contribution in [3.05, 3.63) is 53.1 Å². The first-order chi connectivity index (χ1) is 15.0. The quantitative estimate of drug-likeness (QED) is 0.517. The number of halogens is 1. The molecule has 5 nitrogen and oxygen atoms in total. The summed E-state index contributed by atoms with van der Waals surface area (Å²) in [4.78, 5) is 18.5. The molecule has 7 heteroatoms. The highest BCUT2D eigenvalue weighted by Crippen LogP contribution is 2.40. The van der Waals surface area contributed by atoms with Gasteiger partial charge in [0.1, 0.15) is 5.75 Å². The molecule has 1 unspecified atom stereocenters. The maximum Gasteiger partial charge on any atom is 0.279 e. The van der Waals surface area contributed by atoms with Gasteiger partial charge in [0.2, 0.25) is 5.91 Å². The van der Waals surface area contributed by atoms with Gasteiger partial charge in [0, 0.05) is 30.1 Å². The minimum absolute atomic E-state index is 0.158. The number of hydrogen-bond acceptors (Lipinski definition) is 5. The van der Waals surface area contributed by atoms with Crippen LogP contribution in [0.25, 0.3) is 10.2 Å². The van der Waals surface area contributed by atoms with Gasteiger partial charge in [-0.1, -0.05) is 35.1 Å². The third kappa shape index (κ3) is 4.71. The molecule has 3 heterocycles. The zero-order valence-corrected chi connectivity index (χ0v) is 18.9. The summed E-state index contributed by atoms with van der Waals surface area (Å²) in [5.41, 5.74) is 7.59. The summed E-state index contributed by atoms with van der Waals surface area (Å²) < 4.78 is 7.02. The average Bonchev–Trinajstić information content (AvgIpc) is 3.23. The van der Waals surface area contributed by atoms with Crippen LogP contribution in [-0.4, -0.2) is 34.4 Å². The van der Waals surface area contributed by atoms with Gasteiger partial charge in [0.15, 0.2) is 0 Å². The second-order valence-corrected chi connectivity index (χ2v) is 10.1. The molecule has 0 spiro atoms. The minimum atomic E-state index is -0.158.